The molecule has 5 nitrogen and oxygen atoms in total. The van der Waals surface area contributed by atoms with Crippen molar-refractivity contribution in [2.45, 2.75) is 0 Å². The van der Waals surface area contributed by atoms with Crippen molar-refractivity contribution in [1.82, 2.24) is 10.6 Å². The highest BCUT2D eigenvalue weighted by atomic mass is 35.5. The van der Waals surface area contributed by atoms with Gasteiger partial charge >= 0.3 is 0 Å². The van der Waals surface area contributed by atoms with Gasteiger partial charge in [0.05, 0.1) is 21.8 Å². The molecule has 0 aliphatic heterocycles. The first kappa shape index (κ1) is 18.6. The van der Waals surface area contributed by atoms with Crippen LogP contribution >= 0.6 is 23.8 Å². The van der Waals surface area contributed by atoms with E-state index in [-0.39, 0.29) is 11.0 Å². The number of hydrogen-bond donors (Lipinski definition) is 3. The lowest BCUT2D eigenvalue weighted by atomic mass is 10.1. The highest BCUT2D eigenvalue weighted by Crippen LogP contribution is 2.16. The lowest BCUT2D eigenvalue weighted by Gasteiger charge is -2.13. The van der Waals surface area contributed by atoms with Crippen LogP contribution in [0.5, 0.6) is 0 Å². The molecule has 0 aliphatic carbocycles. The van der Waals surface area contributed by atoms with Crippen LogP contribution in [0.1, 0.15) is 20.7 Å². The molecule has 128 valence electrons. The van der Waals surface area contributed by atoms with Gasteiger partial charge in [-0.3, -0.25) is 14.9 Å². The summed E-state index contributed by atoms with van der Waals surface area (Å²) in [7, 11) is 0. The molecule has 0 bridgehead atoms. The highest BCUT2D eigenvalue weighted by molar-refractivity contribution is 7.80. The van der Waals surface area contributed by atoms with Crippen molar-refractivity contribution in [2.24, 2.45) is 0 Å². The molecule has 0 atom stereocenters. The topological polar surface area (TPSA) is 70.2 Å². The summed E-state index contributed by atoms with van der Waals surface area (Å²) in [6, 6.07) is 13.5. The molecule has 25 heavy (non-hydrogen) atoms. The van der Waals surface area contributed by atoms with Gasteiger partial charge < -0.3 is 10.6 Å². The van der Waals surface area contributed by atoms with Crippen LogP contribution in [0.2, 0.25) is 5.02 Å². The molecule has 2 aromatic rings. The monoisotopic (exact) mass is 373 g/mol. The van der Waals surface area contributed by atoms with Crippen molar-refractivity contribution in [3.63, 3.8) is 0 Å². The van der Waals surface area contributed by atoms with Crippen LogP contribution in [0.15, 0.2) is 61.2 Å². The smallest absolute Gasteiger partial charge is 0.258 e. The van der Waals surface area contributed by atoms with Crippen LogP contribution in [-0.4, -0.2) is 23.5 Å². The summed E-state index contributed by atoms with van der Waals surface area (Å²) in [5.41, 5.74) is 1.19. The zero-order valence-corrected chi connectivity index (χ0v) is 14.8. The lowest BCUT2D eigenvalue weighted by Crippen LogP contribution is -2.35. The number of nitrogens with one attached hydrogen (secondary N) is 3. The third kappa shape index (κ3) is 5.14. The second-order valence-corrected chi connectivity index (χ2v) is 5.75. The molecular formula is C18H16ClN3O2S. The maximum atomic E-state index is 12.2. The highest BCUT2D eigenvalue weighted by Gasteiger charge is 2.14. The third-order valence-corrected chi connectivity index (χ3v) is 3.71. The van der Waals surface area contributed by atoms with Crippen molar-refractivity contribution >= 4 is 46.4 Å². The van der Waals surface area contributed by atoms with E-state index in [0.29, 0.717) is 28.4 Å². The Kier molecular flexibility index (Phi) is 6.68. The molecule has 2 amide bonds. The summed E-state index contributed by atoms with van der Waals surface area (Å²) in [5, 5.41) is 8.48. The number of carbonyl (C=O) groups is 2. The van der Waals surface area contributed by atoms with E-state index in [1.807, 2.05) is 0 Å². The van der Waals surface area contributed by atoms with Gasteiger partial charge in [-0.2, -0.15) is 0 Å². The Morgan fingerprint density at radius 3 is 2.36 bits per heavy atom. The van der Waals surface area contributed by atoms with Crippen LogP contribution in [0.4, 0.5) is 5.69 Å². The summed E-state index contributed by atoms with van der Waals surface area (Å²) >= 11 is 11.1. The number of hydrogen-bond acceptors (Lipinski definition) is 3. The van der Waals surface area contributed by atoms with Crippen molar-refractivity contribution in [2.75, 3.05) is 11.9 Å². The molecule has 0 aliphatic rings. The average Bonchev–Trinajstić information content (AvgIpc) is 2.60. The molecule has 0 radical (unpaired) electrons. The number of benzene rings is 2. The Morgan fingerprint density at radius 1 is 1.04 bits per heavy atom. The van der Waals surface area contributed by atoms with Gasteiger partial charge in [0.15, 0.2) is 5.11 Å². The van der Waals surface area contributed by atoms with Crippen molar-refractivity contribution < 1.29 is 9.59 Å². The minimum absolute atomic E-state index is 0.0638. The fourth-order valence-electron chi connectivity index (χ4n) is 2.02. The molecule has 0 heterocycles. The van der Waals surface area contributed by atoms with Gasteiger partial charge in [0.25, 0.3) is 11.8 Å². The Morgan fingerprint density at radius 2 is 1.68 bits per heavy atom. The zero-order chi connectivity index (χ0) is 18.2. The second kappa shape index (κ2) is 8.96. The van der Waals surface area contributed by atoms with Gasteiger partial charge in [-0.25, -0.2) is 0 Å². The SMILES string of the molecule is C=CCNC(=O)c1ccccc1NC(=S)NC(=O)c1ccccc1Cl. The summed E-state index contributed by atoms with van der Waals surface area (Å²) in [6.45, 7) is 3.90. The largest absolute Gasteiger partial charge is 0.349 e. The predicted molar refractivity (Wildman–Crippen MR) is 104 cm³/mol. The Hall–Kier alpha value is -2.70. The molecule has 2 aromatic carbocycles. The van der Waals surface area contributed by atoms with E-state index in [1.54, 1.807) is 54.6 Å². The van der Waals surface area contributed by atoms with Gasteiger partial charge in [0, 0.05) is 6.54 Å². The molecule has 0 fully saturated rings. The van der Waals surface area contributed by atoms with Gasteiger partial charge in [0.2, 0.25) is 0 Å². The van der Waals surface area contributed by atoms with Gasteiger partial charge in [-0.1, -0.05) is 41.9 Å². The molecule has 0 aromatic heterocycles. The fraction of sp³-hybridized carbons (Fsp3) is 0.0556. The van der Waals surface area contributed by atoms with Gasteiger partial charge in [-0.05, 0) is 36.5 Å². The molecule has 3 N–H and O–H groups in total. The normalized spacial score (nSPS) is 9.80. The number of halogens is 1. The quantitative estimate of drug-likeness (QED) is 0.555. The second-order valence-electron chi connectivity index (χ2n) is 4.93. The van der Waals surface area contributed by atoms with Crippen LogP contribution in [0.25, 0.3) is 0 Å². The van der Waals surface area contributed by atoms with E-state index in [1.165, 1.54) is 0 Å². The first-order valence-electron chi connectivity index (χ1n) is 7.38. The van der Waals surface area contributed by atoms with Crippen LogP contribution < -0.4 is 16.0 Å². The van der Waals surface area contributed by atoms with Crippen molar-refractivity contribution in [1.29, 1.82) is 0 Å². The first-order chi connectivity index (χ1) is 12.0. The fourth-order valence-corrected chi connectivity index (χ4v) is 2.44. The number of amides is 2. The van der Waals surface area contributed by atoms with Gasteiger partial charge in [0.1, 0.15) is 0 Å². The third-order valence-electron chi connectivity index (χ3n) is 3.17. The van der Waals surface area contributed by atoms with Crippen LogP contribution in [0.3, 0.4) is 0 Å². The molecular weight excluding hydrogens is 358 g/mol. The number of rotatable bonds is 5. The summed E-state index contributed by atoms with van der Waals surface area (Å²) in [6.07, 6.45) is 1.59. The first-order valence-corrected chi connectivity index (χ1v) is 8.16. The lowest BCUT2D eigenvalue weighted by molar-refractivity contribution is 0.0956. The predicted octanol–water partition coefficient (Wildman–Crippen LogP) is 3.38. The van der Waals surface area contributed by atoms with E-state index in [9.17, 15) is 9.59 Å². The Bertz CT molecular complexity index is 823. The molecule has 7 heteroatoms. The van der Waals surface area contributed by atoms with E-state index < -0.39 is 5.91 Å². The van der Waals surface area contributed by atoms with Gasteiger partial charge in [-0.15, -0.1) is 6.58 Å². The summed E-state index contributed by atoms with van der Waals surface area (Å²) in [5.74, 6) is -0.708. The number of carbonyl (C=O) groups excluding carboxylic acids is 2. The molecule has 0 spiro atoms. The molecule has 0 unspecified atom stereocenters. The number of anilines is 1. The number of para-hydroxylation sites is 1. The maximum Gasteiger partial charge on any atom is 0.258 e. The minimum Gasteiger partial charge on any atom is -0.349 e. The van der Waals surface area contributed by atoms with E-state index in [0.717, 1.165) is 0 Å². The Labute approximate surface area is 156 Å². The average molecular weight is 374 g/mol. The standard InChI is InChI=1S/C18H16ClN3O2S/c1-2-11-20-16(23)13-8-4-6-10-15(13)21-18(25)22-17(24)12-7-3-5-9-14(12)19/h2-10H,1,11H2,(H,20,23)(H2,21,22,24,25). The molecule has 0 saturated heterocycles. The number of thiocarbonyl (C=S) groups is 1. The minimum atomic E-state index is -0.434. The maximum absolute atomic E-state index is 12.2. The summed E-state index contributed by atoms with van der Waals surface area (Å²) < 4.78 is 0. The van der Waals surface area contributed by atoms with E-state index >= 15 is 0 Å². The molecule has 2 rings (SSSR count). The molecule has 0 saturated carbocycles. The van der Waals surface area contributed by atoms with Crippen LogP contribution in [-0.2, 0) is 0 Å². The summed E-state index contributed by atoms with van der Waals surface area (Å²) in [4.78, 5) is 24.4. The van der Waals surface area contributed by atoms with E-state index in [2.05, 4.69) is 22.5 Å². The van der Waals surface area contributed by atoms with Crippen molar-refractivity contribution in [3.8, 4) is 0 Å². The Balaban J connectivity index is 2.08. The zero-order valence-electron chi connectivity index (χ0n) is 13.2. The van der Waals surface area contributed by atoms with E-state index in [4.69, 9.17) is 23.8 Å². The van der Waals surface area contributed by atoms with Crippen molar-refractivity contribution in [3.05, 3.63) is 77.3 Å². The van der Waals surface area contributed by atoms with Crippen LogP contribution in [0, 0.1) is 0 Å².